The summed E-state index contributed by atoms with van der Waals surface area (Å²) in [7, 11) is 0. The maximum atomic E-state index is 11.3. The SMILES string of the molecule is C=CCC1C=CC(=O)C(C)=C1.C=CCC1C=CC=C(C)C1=O.C=CCOc1ccc(C)cc1.C=CCOc1cccc(C)c1.C=CCOc1ccccc1C.C=CCOc1ccccc1C.C=CCc1c(C)cccc1O.C=CCc1cc(C)ccc1O.C=CCc1ccc(C)cc1O.C=CCc1ccc(O)c(C)c1.C=CCc1cccc(C)c1O. The number of benzene rings is 9. The van der Waals surface area contributed by atoms with Crippen molar-refractivity contribution >= 4 is 11.6 Å². The molecule has 2 unspecified atom stereocenters. The zero-order valence-electron chi connectivity index (χ0n) is 73.6. The molecule has 0 saturated carbocycles. The molecule has 0 bridgehead atoms. The molecule has 2 aliphatic rings. The molecule has 0 fully saturated rings. The summed E-state index contributed by atoms with van der Waals surface area (Å²) in [4.78, 5) is 22.3. The quantitative estimate of drug-likeness (QED) is 0.0327. The minimum atomic E-state index is 0.0394. The summed E-state index contributed by atoms with van der Waals surface area (Å²) in [6.45, 7) is 63.5. The molecule has 2 aliphatic carbocycles. The number of carbonyl (C=O) groups excluding carboxylic acids is 2. The number of ketones is 2. The van der Waals surface area contributed by atoms with E-state index in [1.165, 1.54) is 22.3 Å². The standard InChI is InChI=1S/11C10H12O/c1-3-8-11-10-6-4-9(2)5-7-10;2*1-3-8-11-10-7-5-4-6-9(10)2;1-3-7-11-10-6-4-5-9(2)8-10;1-3-5-9-8(2)6-4-7-10(9)11;2*1-3-5-9-7-4-6-8(2)10(9)11;2*1-3-4-9-5-6-10(11)8(2)7-9;1-3-4-9-7-8(2)5-6-10(9)11;1-3-4-9-6-5-8(2)7-10(9)11/h3*3-7H,1,8H2,2H3;3-6,8H,1,7H2,2H3;2*3-4,6-7,11H,1,5H2,2H3;3-4,6-7,9H,1,5H2,2H3;3,5-7,11H,1,4H2,2H3;3,5-7,9H,1,4H2,2H3;2*3,5-7,11H,1,4H2,2H3. The molecule has 121 heavy (non-hydrogen) atoms. The molecule has 0 heterocycles. The lowest BCUT2D eigenvalue weighted by Crippen LogP contribution is -2.14. The fourth-order valence-corrected chi connectivity index (χ4v) is 10.9. The fourth-order valence-electron chi connectivity index (χ4n) is 10.9. The summed E-state index contributed by atoms with van der Waals surface area (Å²) in [5.41, 5.74) is 16.7. The average molecular weight is 1630 g/mol. The Morgan fingerprint density at radius 2 is 0.826 bits per heavy atom. The van der Waals surface area contributed by atoms with Gasteiger partial charge in [-0.25, -0.2) is 0 Å². The second-order valence-corrected chi connectivity index (χ2v) is 28.1. The number of phenolic OH excluding ortho intramolecular Hbond substituents is 5. The van der Waals surface area contributed by atoms with Crippen molar-refractivity contribution in [3.05, 3.63) is 453 Å². The second-order valence-electron chi connectivity index (χ2n) is 28.1. The Bertz CT molecular complexity index is 4740. The molecule has 638 valence electrons. The van der Waals surface area contributed by atoms with Gasteiger partial charge in [0.15, 0.2) is 11.6 Å². The normalized spacial score (nSPS) is 11.9. The van der Waals surface area contributed by atoms with Crippen molar-refractivity contribution in [3.8, 4) is 51.7 Å². The van der Waals surface area contributed by atoms with E-state index in [0.717, 1.165) is 135 Å². The van der Waals surface area contributed by atoms with Crippen molar-refractivity contribution in [2.24, 2.45) is 11.8 Å². The summed E-state index contributed by atoms with van der Waals surface area (Å²) in [6.07, 6.45) is 36.3. The minimum Gasteiger partial charge on any atom is -0.508 e. The highest BCUT2D eigenvalue weighted by molar-refractivity contribution is 6.04. The van der Waals surface area contributed by atoms with Gasteiger partial charge in [0.2, 0.25) is 0 Å². The number of carbonyl (C=O) groups is 2. The molecule has 0 radical (unpaired) electrons. The number of aromatic hydroxyl groups is 5. The predicted molar refractivity (Wildman–Crippen MR) is 514 cm³/mol. The molecule has 9 aromatic carbocycles. The molecule has 11 rings (SSSR count). The van der Waals surface area contributed by atoms with Crippen LogP contribution in [0.1, 0.15) is 105 Å². The molecule has 9 aromatic rings. The topological polar surface area (TPSA) is 172 Å². The lowest BCUT2D eigenvalue weighted by molar-refractivity contribution is -0.118. The molecular weight excluding hydrogens is 1500 g/mol. The Kier molecular flexibility index (Phi) is 55.6. The summed E-state index contributed by atoms with van der Waals surface area (Å²) in [5, 5.41) is 46.7. The summed E-state index contributed by atoms with van der Waals surface area (Å²) in [6, 6.07) is 59.9. The number of rotatable bonds is 26. The Balaban J connectivity index is 0.000000665. The van der Waals surface area contributed by atoms with Gasteiger partial charge in [-0.3, -0.25) is 9.59 Å². The van der Waals surface area contributed by atoms with E-state index in [1.807, 2.05) is 276 Å². The van der Waals surface area contributed by atoms with Crippen LogP contribution >= 0.6 is 0 Å². The maximum Gasteiger partial charge on any atom is 0.180 e. The van der Waals surface area contributed by atoms with Crippen LogP contribution in [-0.4, -0.2) is 63.5 Å². The van der Waals surface area contributed by atoms with Crippen molar-refractivity contribution < 1.29 is 54.1 Å². The molecule has 5 N–H and O–H groups in total. The molecule has 0 spiro atoms. The van der Waals surface area contributed by atoms with Crippen LogP contribution in [0.15, 0.2) is 375 Å². The number of hydrogen-bond acceptors (Lipinski definition) is 11. The van der Waals surface area contributed by atoms with Gasteiger partial charge in [-0.05, 0) is 266 Å². The van der Waals surface area contributed by atoms with Gasteiger partial charge >= 0.3 is 0 Å². The number of phenols is 5. The highest BCUT2D eigenvalue weighted by Crippen LogP contribution is 2.26. The maximum absolute atomic E-state index is 11.3. The van der Waals surface area contributed by atoms with E-state index in [-0.39, 0.29) is 17.5 Å². The van der Waals surface area contributed by atoms with Gasteiger partial charge in [0, 0.05) is 11.5 Å². The molecule has 0 amide bonds. The van der Waals surface area contributed by atoms with Gasteiger partial charge < -0.3 is 44.5 Å². The number of ether oxygens (including phenoxy) is 4. The van der Waals surface area contributed by atoms with Crippen LogP contribution in [0.3, 0.4) is 0 Å². The summed E-state index contributed by atoms with van der Waals surface area (Å²) < 4.78 is 21.3. The molecule has 0 saturated heterocycles. The third-order valence-corrected chi connectivity index (χ3v) is 17.5. The van der Waals surface area contributed by atoms with Crippen LogP contribution in [0.5, 0.6) is 51.7 Å². The van der Waals surface area contributed by atoms with Crippen molar-refractivity contribution in [3.63, 3.8) is 0 Å². The van der Waals surface area contributed by atoms with Crippen LogP contribution in [-0.2, 0) is 41.7 Å². The lowest BCUT2D eigenvalue weighted by Gasteiger charge is -2.12. The largest absolute Gasteiger partial charge is 0.508 e. The van der Waals surface area contributed by atoms with Crippen LogP contribution in [0.25, 0.3) is 0 Å². The monoisotopic (exact) mass is 1630 g/mol. The third kappa shape index (κ3) is 45.8. The van der Waals surface area contributed by atoms with Crippen LogP contribution in [0.2, 0.25) is 0 Å². The summed E-state index contributed by atoms with van der Waals surface area (Å²) >= 11 is 0. The average Bonchev–Trinajstić information content (AvgIpc) is 0.888. The van der Waals surface area contributed by atoms with Gasteiger partial charge in [0.25, 0.3) is 0 Å². The molecular formula is C110H132O11. The first-order valence-electron chi connectivity index (χ1n) is 40.2. The Hall–Kier alpha value is -13.4. The highest BCUT2D eigenvalue weighted by Gasteiger charge is 2.17. The van der Waals surface area contributed by atoms with Crippen LogP contribution in [0.4, 0.5) is 0 Å². The second kappa shape index (κ2) is 63.7. The van der Waals surface area contributed by atoms with Gasteiger partial charge in [0.05, 0.1) is 0 Å². The van der Waals surface area contributed by atoms with Gasteiger partial charge in [-0.2, -0.15) is 0 Å². The zero-order valence-corrected chi connectivity index (χ0v) is 73.6. The van der Waals surface area contributed by atoms with E-state index in [9.17, 15) is 35.1 Å². The van der Waals surface area contributed by atoms with E-state index in [0.29, 0.717) is 61.1 Å². The number of aryl methyl sites for hydroxylation is 9. The molecule has 0 aromatic heterocycles. The Morgan fingerprint density at radius 1 is 0.339 bits per heavy atom. The first kappa shape index (κ1) is 106. The van der Waals surface area contributed by atoms with Crippen molar-refractivity contribution in [2.45, 2.75) is 121 Å². The third-order valence-electron chi connectivity index (χ3n) is 17.5. The van der Waals surface area contributed by atoms with E-state index in [1.54, 1.807) is 85.0 Å². The molecule has 2 atom stereocenters. The van der Waals surface area contributed by atoms with E-state index < -0.39 is 0 Å². The van der Waals surface area contributed by atoms with Gasteiger partial charge in [0.1, 0.15) is 78.2 Å². The molecule has 11 heteroatoms. The van der Waals surface area contributed by atoms with E-state index >= 15 is 0 Å². The van der Waals surface area contributed by atoms with Crippen molar-refractivity contribution in [1.29, 1.82) is 0 Å². The minimum absolute atomic E-state index is 0.0394. The van der Waals surface area contributed by atoms with E-state index in [4.69, 9.17) is 18.9 Å². The smallest absolute Gasteiger partial charge is 0.180 e. The van der Waals surface area contributed by atoms with Crippen molar-refractivity contribution in [1.82, 2.24) is 0 Å². The Morgan fingerprint density at radius 3 is 1.36 bits per heavy atom. The molecule has 0 aliphatic heterocycles. The highest BCUT2D eigenvalue weighted by atomic mass is 16.5. The van der Waals surface area contributed by atoms with E-state index in [2.05, 4.69) is 79.3 Å². The predicted octanol–water partition coefficient (Wildman–Crippen LogP) is 26.9. The fraction of sp³-hybridized carbons (Fsp3) is 0.218. The number of hydrogen-bond donors (Lipinski definition) is 5. The zero-order chi connectivity index (χ0) is 90.3. The van der Waals surface area contributed by atoms with Gasteiger partial charge in [-0.1, -0.05) is 262 Å². The number of Topliss-reactive ketones (excluding diaryl/α,β-unsaturated/α-hetero) is 1. The first-order valence-corrected chi connectivity index (χ1v) is 40.2. The lowest BCUT2D eigenvalue weighted by atomic mass is 9.91. The van der Waals surface area contributed by atoms with Gasteiger partial charge in [-0.15, -0.1) is 46.1 Å². The number of allylic oxidation sites excluding steroid dienone is 15. The number of para-hydroxylation sites is 3. The Labute approximate surface area is 725 Å². The van der Waals surface area contributed by atoms with Crippen LogP contribution < -0.4 is 18.9 Å². The molecule has 11 nitrogen and oxygen atoms in total. The first-order chi connectivity index (χ1) is 58.0. The van der Waals surface area contributed by atoms with Crippen LogP contribution in [0, 0.1) is 74.1 Å². The van der Waals surface area contributed by atoms with Crippen molar-refractivity contribution in [2.75, 3.05) is 26.4 Å². The summed E-state index contributed by atoms with van der Waals surface area (Å²) in [5.74, 6) is 6.30.